The highest BCUT2D eigenvalue weighted by atomic mass is 16.5. The second-order valence-corrected chi connectivity index (χ2v) is 8.31. The molecule has 2 fully saturated rings. The molecule has 1 spiro atoms. The SMILES string of the molecule is Cc1cc(C)cc(C(=O)N2CCCC3(CC2)CN(c2ccccc2)C(=O)CO3)c1. The summed E-state index contributed by atoms with van der Waals surface area (Å²) in [5.41, 5.74) is 3.48. The molecule has 4 rings (SSSR count). The zero-order valence-electron chi connectivity index (χ0n) is 17.2. The molecule has 2 aliphatic rings. The predicted octanol–water partition coefficient (Wildman–Crippen LogP) is 3.73. The van der Waals surface area contributed by atoms with Crippen LogP contribution >= 0.6 is 0 Å². The van der Waals surface area contributed by atoms with Crippen LogP contribution in [0, 0.1) is 13.8 Å². The smallest absolute Gasteiger partial charge is 0.253 e. The number of aryl methyl sites for hydroxylation is 2. The van der Waals surface area contributed by atoms with Gasteiger partial charge in [-0.2, -0.15) is 0 Å². The van der Waals surface area contributed by atoms with Gasteiger partial charge in [-0.1, -0.05) is 35.4 Å². The van der Waals surface area contributed by atoms with E-state index in [0.717, 1.165) is 48.2 Å². The van der Waals surface area contributed by atoms with E-state index < -0.39 is 0 Å². The third-order valence-corrected chi connectivity index (χ3v) is 5.97. The fourth-order valence-electron chi connectivity index (χ4n) is 4.51. The molecule has 2 aromatic rings. The molecule has 5 heteroatoms. The summed E-state index contributed by atoms with van der Waals surface area (Å²) < 4.78 is 6.09. The van der Waals surface area contributed by atoms with E-state index >= 15 is 0 Å². The number of benzene rings is 2. The number of para-hydroxylation sites is 1. The fraction of sp³-hybridized carbons (Fsp3) is 0.417. The molecule has 0 saturated carbocycles. The standard InChI is InChI=1S/C24H28N2O3/c1-18-13-19(2)15-20(14-18)23(28)25-11-6-9-24(10-12-25)17-26(22(27)16-29-24)21-7-4-3-5-8-21/h3-5,7-8,13-15H,6,9-12,16-17H2,1-2H3. The maximum Gasteiger partial charge on any atom is 0.253 e. The van der Waals surface area contributed by atoms with Crippen molar-refractivity contribution < 1.29 is 14.3 Å². The average Bonchev–Trinajstić information content (AvgIpc) is 2.92. The first-order valence-corrected chi connectivity index (χ1v) is 10.3. The molecule has 152 valence electrons. The van der Waals surface area contributed by atoms with E-state index in [4.69, 9.17) is 4.74 Å². The monoisotopic (exact) mass is 392 g/mol. The molecule has 2 aliphatic heterocycles. The van der Waals surface area contributed by atoms with Gasteiger partial charge in [-0.25, -0.2) is 0 Å². The number of carbonyl (C=O) groups is 2. The Morgan fingerprint density at radius 2 is 1.72 bits per heavy atom. The van der Waals surface area contributed by atoms with E-state index in [0.29, 0.717) is 13.1 Å². The lowest BCUT2D eigenvalue weighted by molar-refractivity contribution is -0.140. The Balaban J connectivity index is 1.49. The van der Waals surface area contributed by atoms with Crippen LogP contribution in [-0.4, -0.2) is 48.6 Å². The van der Waals surface area contributed by atoms with E-state index in [2.05, 4.69) is 6.07 Å². The molecule has 29 heavy (non-hydrogen) atoms. The zero-order chi connectivity index (χ0) is 20.4. The van der Waals surface area contributed by atoms with Gasteiger partial charge in [-0.3, -0.25) is 9.59 Å². The number of anilines is 1. The summed E-state index contributed by atoms with van der Waals surface area (Å²) in [7, 11) is 0. The first-order valence-electron chi connectivity index (χ1n) is 10.3. The molecule has 2 saturated heterocycles. The Hall–Kier alpha value is -2.66. The molecule has 0 bridgehead atoms. The highest BCUT2D eigenvalue weighted by Gasteiger charge is 2.42. The van der Waals surface area contributed by atoms with Crippen LogP contribution in [0.1, 0.15) is 40.7 Å². The molecule has 5 nitrogen and oxygen atoms in total. The zero-order valence-corrected chi connectivity index (χ0v) is 17.2. The topological polar surface area (TPSA) is 49.9 Å². The minimum atomic E-state index is -0.388. The molecule has 1 unspecified atom stereocenters. The number of carbonyl (C=O) groups excluding carboxylic acids is 2. The van der Waals surface area contributed by atoms with Crippen LogP contribution in [0.25, 0.3) is 0 Å². The van der Waals surface area contributed by atoms with E-state index in [1.165, 1.54) is 0 Å². The van der Waals surface area contributed by atoms with Crippen molar-refractivity contribution >= 4 is 17.5 Å². The van der Waals surface area contributed by atoms with Gasteiger partial charge in [0.2, 0.25) is 0 Å². The van der Waals surface area contributed by atoms with Crippen molar-refractivity contribution in [3.05, 3.63) is 65.2 Å². The Morgan fingerprint density at radius 3 is 2.45 bits per heavy atom. The summed E-state index contributed by atoms with van der Waals surface area (Å²) in [4.78, 5) is 29.3. The second-order valence-electron chi connectivity index (χ2n) is 8.31. The van der Waals surface area contributed by atoms with Crippen LogP contribution in [0.3, 0.4) is 0 Å². The Bertz CT molecular complexity index is 891. The third-order valence-electron chi connectivity index (χ3n) is 5.97. The minimum Gasteiger partial charge on any atom is -0.363 e. The molecular weight excluding hydrogens is 364 g/mol. The number of amides is 2. The van der Waals surface area contributed by atoms with Crippen molar-refractivity contribution in [3.63, 3.8) is 0 Å². The molecule has 1 atom stereocenters. The first-order chi connectivity index (χ1) is 14.0. The number of ether oxygens (including phenoxy) is 1. The van der Waals surface area contributed by atoms with Gasteiger partial charge in [0.1, 0.15) is 6.61 Å². The van der Waals surface area contributed by atoms with Crippen molar-refractivity contribution in [2.45, 2.75) is 38.7 Å². The number of nitrogens with zero attached hydrogens (tertiary/aromatic N) is 2. The van der Waals surface area contributed by atoms with Crippen LogP contribution in [0.5, 0.6) is 0 Å². The van der Waals surface area contributed by atoms with Crippen molar-refractivity contribution in [2.24, 2.45) is 0 Å². The van der Waals surface area contributed by atoms with Crippen LogP contribution in [0.15, 0.2) is 48.5 Å². The lowest BCUT2D eigenvalue weighted by Gasteiger charge is -2.42. The Kier molecular flexibility index (Phi) is 5.41. The lowest BCUT2D eigenvalue weighted by atomic mass is 9.92. The van der Waals surface area contributed by atoms with Crippen LogP contribution in [0.4, 0.5) is 5.69 Å². The van der Waals surface area contributed by atoms with Crippen LogP contribution in [-0.2, 0) is 9.53 Å². The number of hydrogen-bond acceptors (Lipinski definition) is 3. The average molecular weight is 392 g/mol. The van der Waals surface area contributed by atoms with Gasteiger partial charge in [0.15, 0.2) is 0 Å². The quantitative estimate of drug-likeness (QED) is 0.782. The summed E-state index contributed by atoms with van der Waals surface area (Å²) in [6.07, 6.45) is 2.45. The van der Waals surface area contributed by atoms with E-state index in [-0.39, 0.29) is 24.0 Å². The summed E-state index contributed by atoms with van der Waals surface area (Å²) >= 11 is 0. The minimum absolute atomic E-state index is 0.00533. The summed E-state index contributed by atoms with van der Waals surface area (Å²) in [6.45, 7) is 6.04. The van der Waals surface area contributed by atoms with Gasteiger partial charge in [0.25, 0.3) is 11.8 Å². The molecule has 2 aromatic carbocycles. The van der Waals surface area contributed by atoms with Crippen LogP contribution in [0.2, 0.25) is 0 Å². The predicted molar refractivity (Wildman–Crippen MR) is 113 cm³/mol. The highest BCUT2D eigenvalue weighted by molar-refractivity contribution is 5.95. The number of rotatable bonds is 2. The second kappa shape index (κ2) is 7.99. The Morgan fingerprint density at radius 1 is 1.00 bits per heavy atom. The first kappa shape index (κ1) is 19.6. The fourth-order valence-corrected chi connectivity index (χ4v) is 4.51. The van der Waals surface area contributed by atoms with Gasteiger partial charge in [-0.05, 0) is 57.4 Å². The lowest BCUT2D eigenvalue weighted by Crippen LogP contribution is -2.55. The molecule has 2 heterocycles. The van der Waals surface area contributed by atoms with Gasteiger partial charge in [0.05, 0.1) is 12.1 Å². The van der Waals surface area contributed by atoms with Gasteiger partial charge in [-0.15, -0.1) is 0 Å². The van der Waals surface area contributed by atoms with Crippen LogP contribution < -0.4 is 4.90 Å². The van der Waals surface area contributed by atoms with Gasteiger partial charge in [0, 0.05) is 24.3 Å². The van der Waals surface area contributed by atoms with Gasteiger partial charge >= 0.3 is 0 Å². The normalized spacial score (nSPS) is 22.6. The summed E-state index contributed by atoms with van der Waals surface area (Å²) in [5, 5.41) is 0. The molecule has 2 amide bonds. The number of hydrogen-bond donors (Lipinski definition) is 0. The number of likely N-dealkylation sites (tertiary alicyclic amines) is 1. The number of morpholine rings is 1. The summed E-state index contributed by atoms with van der Waals surface area (Å²) in [5.74, 6) is 0.0786. The van der Waals surface area contributed by atoms with Crippen molar-refractivity contribution in [1.82, 2.24) is 4.90 Å². The molecular formula is C24H28N2O3. The molecule has 0 aliphatic carbocycles. The highest BCUT2D eigenvalue weighted by Crippen LogP contribution is 2.33. The maximum atomic E-state index is 13.1. The Labute approximate surface area is 172 Å². The van der Waals surface area contributed by atoms with Gasteiger partial charge < -0.3 is 14.5 Å². The van der Waals surface area contributed by atoms with Crippen molar-refractivity contribution in [1.29, 1.82) is 0 Å². The maximum absolute atomic E-state index is 13.1. The summed E-state index contributed by atoms with van der Waals surface area (Å²) in [6, 6.07) is 15.8. The largest absolute Gasteiger partial charge is 0.363 e. The van der Waals surface area contributed by atoms with Crippen molar-refractivity contribution in [2.75, 3.05) is 31.1 Å². The molecule has 0 N–H and O–H groups in total. The van der Waals surface area contributed by atoms with Crippen molar-refractivity contribution in [3.8, 4) is 0 Å². The molecule has 0 radical (unpaired) electrons. The third kappa shape index (κ3) is 4.20. The van der Waals surface area contributed by atoms with E-state index in [1.807, 2.05) is 66.1 Å². The van der Waals surface area contributed by atoms with E-state index in [1.54, 1.807) is 0 Å². The van der Waals surface area contributed by atoms with E-state index in [9.17, 15) is 9.59 Å². The molecule has 0 aromatic heterocycles.